The van der Waals surface area contributed by atoms with Gasteiger partial charge in [-0.05, 0) is 67.0 Å². The van der Waals surface area contributed by atoms with Crippen LogP contribution in [-0.4, -0.2) is 18.5 Å². The van der Waals surface area contributed by atoms with Crippen molar-refractivity contribution >= 4 is 24.3 Å². The molecule has 1 saturated carbocycles. The van der Waals surface area contributed by atoms with Gasteiger partial charge in [0, 0.05) is 6.54 Å². The summed E-state index contributed by atoms with van der Waals surface area (Å²) in [6, 6.07) is 16.9. The van der Waals surface area contributed by atoms with Crippen LogP contribution >= 0.6 is 12.4 Å². The van der Waals surface area contributed by atoms with Crippen molar-refractivity contribution in [1.82, 2.24) is 5.32 Å². The average Bonchev–Trinajstić information content (AvgIpc) is 2.73. The standard InChI is InChI=1S/C22H24N4O2.ClH/c23-13-15-1-5-17(6-2-15)18-9-11-20(12-10-18)28-21(27)19-7-3-16(4-8-19)14-26-22(24)25;/h1-2,5-6,9-12,16,19H,3-4,7-8,14H2,(H4,24,25,26);1H/t16-,19-;. The third-order valence-electron chi connectivity index (χ3n) is 5.18. The number of carbonyl (C=O) groups is 1. The molecule has 1 aliphatic carbocycles. The SMILES string of the molecule is Cl.N#Cc1ccc(-c2ccc(OC(=O)[C@H]3CC[C@H](CNC(=N)N)CC3)cc2)cc1. The monoisotopic (exact) mass is 412 g/mol. The van der Waals surface area contributed by atoms with Crippen LogP contribution in [0.15, 0.2) is 48.5 Å². The number of nitrogens with zero attached hydrogens (tertiary/aromatic N) is 1. The van der Waals surface area contributed by atoms with Gasteiger partial charge in [0.2, 0.25) is 0 Å². The Morgan fingerprint density at radius 3 is 2.14 bits per heavy atom. The summed E-state index contributed by atoms with van der Waals surface area (Å²) in [7, 11) is 0. The molecule has 1 fully saturated rings. The predicted molar refractivity (Wildman–Crippen MR) is 115 cm³/mol. The van der Waals surface area contributed by atoms with Gasteiger partial charge in [0.15, 0.2) is 5.96 Å². The minimum Gasteiger partial charge on any atom is -0.426 e. The van der Waals surface area contributed by atoms with E-state index in [1.54, 1.807) is 24.3 Å². The number of hydrogen-bond donors (Lipinski definition) is 3. The zero-order chi connectivity index (χ0) is 19.9. The second-order valence-electron chi connectivity index (χ2n) is 7.15. The second-order valence-corrected chi connectivity index (χ2v) is 7.15. The first kappa shape index (κ1) is 22.3. The van der Waals surface area contributed by atoms with Crippen molar-refractivity contribution < 1.29 is 9.53 Å². The number of guanidine groups is 1. The molecule has 0 aliphatic heterocycles. The Morgan fingerprint density at radius 1 is 1.07 bits per heavy atom. The number of nitriles is 1. The quantitative estimate of drug-likeness (QED) is 0.299. The van der Waals surface area contributed by atoms with E-state index in [0.717, 1.165) is 36.8 Å². The summed E-state index contributed by atoms with van der Waals surface area (Å²) in [4.78, 5) is 12.4. The van der Waals surface area contributed by atoms with Gasteiger partial charge in [-0.25, -0.2) is 0 Å². The molecule has 0 spiro atoms. The van der Waals surface area contributed by atoms with Gasteiger partial charge >= 0.3 is 5.97 Å². The first-order chi connectivity index (χ1) is 13.5. The van der Waals surface area contributed by atoms with Crippen molar-refractivity contribution in [2.45, 2.75) is 25.7 Å². The van der Waals surface area contributed by atoms with Gasteiger partial charge in [-0.1, -0.05) is 24.3 Å². The van der Waals surface area contributed by atoms with Crippen molar-refractivity contribution in [2.75, 3.05) is 6.54 Å². The Labute approximate surface area is 177 Å². The van der Waals surface area contributed by atoms with E-state index < -0.39 is 0 Å². The van der Waals surface area contributed by atoms with Gasteiger partial charge < -0.3 is 15.8 Å². The summed E-state index contributed by atoms with van der Waals surface area (Å²) in [5, 5.41) is 18.9. The number of benzene rings is 2. The number of hydrogen-bond acceptors (Lipinski definition) is 4. The zero-order valence-electron chi connectivity index (χ0n) is 16.1. The second kappa shape index (κ2) is 10.5. The Morgan fingerprint density at radius 2 is 1.62 bits per heavy atom. The minimum atomic E-state index is -0.177. The maximum atomic E-state index is 12.4. The van der Waals surface area contributed by atoms with E-state index in [1.165, 1.54) is 0 Å². The lowest BCUT2D eigenvalue weighted by molar-refractivity contribution is -0.140. The van der Waals surface area contributed by atoms with Crippen LogP contribution in [0.3, 0.4) is 0 Å². The molecule has 29 heavy (non-hydrogen) atoms. The molecular weight excluding hydrogens is 388 g/mol. The van der Waals surface area contributed by atoms with Crippen LogP contribution in [0.1, 0.15) is 31.2 Å². The number of rotatable bonds is 5. The van der Waals surface area contributed by atoms with Crippen LogP contribution in [0.2, 0.25) is 0 Å². The van der Waals surface area contributed by atoms with E-state index in [1.807, 2.05) is 24.3 Å². The molecule has 0 bridgehead atoms. The van der Waals surface area contributed by atoms with E-state index in [-0.39, 0.29) is 30.3 Å². The number of ether oxygens (including phenoxy) is 1. The van der Waals surface area contributed by atoms with E-state index in [2.05, 4.69) is 11.4 Å². The van der Waals surface area contributed by atoms with Gasteiger partial charge in [-0.3, -0.25) is 10.2 Å². The molecular formula is C22H25ClN4O2. The van der Waals surface area contributed by atoms with E-state index in [0.29, 0.717) is 23.8 Å². The fourth-order valence-corrected chi connectivity index (χ4v) is 3.51. The van der Waals surface area contributed by atoms with Gasteiger partial charge in [-0.15, -0.1) is 12.4 Å². The highest BCUT2D eigenvalue weighted by atomic mass is 35.5. The van der Waals surface area contributed by atoms with Gasteiger partial charge in [-0.2, -0.15) is 5.26 Å². The molecule has 0 amide bonds. The van der Waals surface area contributed by atoms with E-state index in [9.17, 15) is 4.79 Å². The molecule has 0 aromatic heterocycles. The molecule has 7 heteroatoms. The van der Waals surface area contributed by atoms with E-state index in [4.69, 9.17) is 21.1 Å². The summed E-state index contributed by atoms with van der Waals surface area (Å²) in [5.74, 6) is 0.726. The smallest absolute Gasteiger partial charge is 0.314 e. The van der Waals surface area contributed by atoms with Crippen LogP contribution in [0.25, 0.3) is 11.1 Å². The van der Waals surface area contributed by atoms with Crippen LogP contribution < -0.4 is 15.8 Å². The molecule has 0 saturated heterocycles. The lowest BCUT2D eigenvalue weighted by Gasteiger charge is -2.27. The third-order valence-corrected chi connectivity index (χ3v) is 5.18. The van der Waals surface area contributed by atoms with Crippen LogP contribution in [0.4, 0.5) is 0 Å². The van der Waals surface area contributed by atoms with Crippen LogP contribution in [0.5, 0.6) is 5.75 Å². The molecule has 3 rings (SSSR count). The highest BCUT2D eigenvalue weighted by molar-refractivity contribution is 5.85. The average molecular weight is 413 g/mol. The fraction of sp³-hybridized carbons (Fsp3) is 0.318. The van der Waals surface area contributed by atoms with Crippen LogP contribution in [0, 0.1) is 28.6 Å². The zero-order valence-corrected chi connectivity index (χ0v) is 16.9. The molecule has 0 radical (unpaired) electrons. The maximum Gasteiger partial charge on any atom is 0.314 e. The number of halogens is 1. The minimum absolute atomic E-state index is 0. The van der Waals surface area contributed by atoms with Gasteiger partial charge in [0.05, 0.1) is 17.6 Å². The molecule has 1 aliphatic rings. The van der Waals surface area contributed by atoms with Gasteiger partial charge in [0.25, 0.3) is 0 Å². The largest absolute Gasteiger partial charge is 0.426 e. The third kappa shape index (κ3) is 6.23. The first-order valence-electron chi connectivity index (χ1n) is 9.45. The Kier molecular flexibility index (Phi) is 8.05. The van der Waals surface area contributed by atoms with Crippen molar-refractivity contribution in [3.8, 4) is 22.9 Å². The molecule has 2 aromatic carbocycles. The lowest BCUT2D eigenvalue weighted by atomic mass is 9.82. The van der Waals surface area contributed by atoms with Crippen LogP contribution in [-0.2, 0) is 4.79 Å². The number of esters is 1. The molecule has 4 N–H and O–H groups in total. The highest BCUT2D eigenvalue weighted by Crippen LogP contribution is 2.30. The van der Waals surface area contributed by atoms with Crippen molar-refractivity contribution in [2.24, 2.45) is 17.6 Å². The Balaban J connectivity index is 0.00000300. The molecule has 2 aromatic rings. The molecule has 0 atom stereocenters. The predicted octanol–water partition coefficient (Wildman–Crippen LogP) is 3.84. The topological polar surface area (TPSA) is 112 Å². The van der Waals surface area contributed by atoms with Gasteiger partial charge in [0.1, 0.15) is 5.75 Å². The summed E-state index contributed by atoms with van der Waals surface area (Å²) in [6.07, 6.45) is 3.45. The fourth-order valence-electron chi connectivity index (χ4n) is 3.51. The normalized spacial score (nSPS) is 18.0. The number of carbonyl (C=O) groups excluding carboxylic acids is 1. The van der Waals surface area contributed by atoms with Crippen molar-refractivity contribution in [3.05, 3.63) is 54.1 Å². The maximum absolute atomic E-state index is 12.4. The molecule has 0 heterocycles. The molecule has 6 nitrogen and oxygen atoms in total. The molecule has 152 valence electrons. The summed E-state index contributed by atoms with van der Waals surface area (Å²) < 4.78 is 5.56. The summed E-state index contributed by atoms with van der Waals surface area (Å²) >= 11 is 0. The lowest BCUT2D eigenvalue weighted by Crippen LogP contribution is -2.36. The number of nitrogens with two attached hydrogens (primary N) is 1. The number of nitrogens with one attached hydrogen (secondary N) is 2. The van der Waals surface area contributed by atoms with Crippen molar-refractivity contribution in [3.63, 3.8) is 0 Å². The Hall–Kier alpha value is -3.04. The highest BCUT2D eigenvalue weighted by Gasteiger charge is 2.27. The van der Waals surface area contributed by atoms with Crippen molar-refractivity contribution in [1.29, 1.82) is 10.7 Å². The first-order valence-corrected chi connectivity index (χ1v) is 9.45. The summed E-state index contributed by atoms with van der Waals surface area (Å²) in [5.41, 5.74) is 7.95. The molecule has 0 unspecified atom stereocenters. The van der Waals surface area contributed by atoms with E-state index >= 15 is 0 Å². The summed E-state index contributed by atoms with van der Waals surface area (Å²) in [6.45, 7) is 0.688. The Bertz CT molecular complexity index is 867.